The van der Waals surface area contributed by atoms with Crippen LogP contribution in [0.15, 0.2) is 66.7 Å². The van der Waals surface area contributed by atoms with E-state index in [1.54, 1.807) is 7.11 Å². The Morgan fingerprint density at radius 3 is 2.02 bits per heavy atom. The van der Waals surface area contributed by atoms with Crippen LogP contribution in [0.2, 0.25) is 10.0 Å². The van der Waals surface area contributed by atoms with Crippen LogP contribution in [0.25, 0.3) is 0 Å². The van der Waals surface area contributed by atoms with E-state index in [-0.39, 0.29) is 18.0 Å². The van der Waals surface area contributed by atoms with Crippen LogP contribution in [0.4, 0.5) is 0 Å². The van der Waals surface area contributed by atoms with Gasteiger partial charge in [0.1, 0.15) is 5.75 Å². The fourth-order valence-corrected chi connectivity index (χ4v) is 6.04. The molecule has 0 saturated carbocycles. The lowest BCUT2D eigenvalue weighted by molar-refractivity contribution is -0.141. The van der Waals surface area contributed by atoms with E-state index in [2.05, 4.69) is 21.5 Å². The summed E-state index contributed by atoms with van der Waals surface area (Å²) in [5.74, 6) is 3.18. The first-order chi connectivity index (χ1) is 20.4. The lowest BCUT2D eigenvalue weighted by atomic mass is 9.95. The second-order valence-electron chi connectivity index (χ2n) is 10.5. The highest BCUT2D eigenvalue weighted by atomic mass is 35.5. The van der Waals surface area contributed by atoms with Crippen LogP contribution in [0.3, 0.4) is 0 Å². The van der Waals surface area contributed by atoms with Crippen molar-refractivity contribution in [1.82, 2.24) is 20.4 Å². The summed E-state index contributed by atoms with van der Waals surface area (Å²) in [5.41, 5.74) is 2.04. The third-order valence-electron chi connectivity index (χ3n) is 7.98. The molecule has 220 valence electrons. The number of piperazine rings is 1. The van der Waals surface area contributed by atoms with Gasteiger partial charge < -0.3 is 14.4 Å². The Balaban J connectivity index is 1.61. The van der Waals surface area contributed by atoms with Crippen LogP contribution in [0, 0.1) is 12.3 Å². The predicted octanol–water partition coefficient (Wildman–Crippen LogP) is 4.99. The number of ether oxygens (including phenoxy) is 2. The van der Waals surface area contributed by atoms with Gasteiger partial charge in [0.2, 0.25) is 0 Å². The van der Waals surface area contributed by atoms with Crippen molar-refractivity contribution in [2.24, 2.45) is 0 Å². The van der Waals surface area contributed by atoms with Crippen molar-refractivity contribution in [3.8, 4) is 18.1 Å². The molecule has 2 N–H and O–H groups in total. The Hall–Kier alpha value is -3.09. The Kier molecular flexibility index (Phi) is 9.74. The normalized spacial score (nSPS) is 22.6. The molecular formula is C33H36Cl2N4O3. The predicted molar refractivity (Wildman–Crippen MR) is 167 cm³/mol. The van der Waals surface area contributed by atoms with E-state index in [4.69, 9.17) is 39.1 Å². The fourth-order valence-electron chi connectivity index (χ4n) is 5.79. The SMILES string of the molecule is C#Cc1ccc(C2(C(=O)N3CCN(CCOC)CC3)N[C@H](c3ccc(Cl)cc3)[C@H](c3ccc(Cl)cc3)N2)c(OCC)c1. The monoisotopic (exact) mass is 606 g/mol. The van der Waals surface area contributed by atoms with Crippen molar-refractivity contribution in [3.05, 3.63) is 99.0 Å². The number of hydrogen-bond acceptors (Lipinski definition) is 6. The number of terminal acetylenes is 1. The number of carbonyl (C=O) groups is 1. The summed E-state index contributed by atoms with van der Waals surface area (Å²) < 4.78 is 11.4. The minimum Gasteiger partial charge on any atom is -0.493 e. The first-order valence-electron chi connectivity index (χ1n) is 14.2. The van der Waals surface area contributed by atoms with Gasteiger partial charge in [-0.3, -0.25) is 20.3 Å². The van der Waals surface area contributed by atoms with Crippen molar-refractivity contribution < 1.29 is 14.3 Å². The van der Waals surface area contributed by atoms with Crippen LogP contribution in [0.5, 0.6) is 5.75 Å². The number of carbonyl (C=O) groups excluding carboxylic acids is 1. The van der Waals surface area contributed by atoms with Crippen LogP contribution < -0.4 is 15.4 Å². The quantitative estimate of drug-likeness (QED) is 0.335. The van der Waals surface area contributed by atoms with E-state index in [0.717, 1.165) is 30.8 Å². The van der Waals surface area contributed by atoms with E-state index in [1.807, 2.05) is 78.6 Å². The van der Waals surface area contributed by atoms with Gasteiger partial charge in [-0.25, -0.2) is 0 Å². The molecular weight excluding hydrogens is 571 g/mol. The molecule has 3 aromatic carbocycles. The number of halogens is 2. The Morgan fingerprint density at radius 2 is 1.52 bits per heavy atom. The molecule has 5 rings (SSSR count). The number of amides is 1. The Morgan fingerprint density at radius 1 is 0.952 bits per heavy atom. The van der Waals surface area contributed by atoms with Gasteiger partial charge in [-0.05, 0) is 54.4 Å². The lowest BCUT2D eigenvalue weighted by Crippen LogP contribution is -2.62. The minimum atomic E-state index is -1.30. The second kappa shape index (κ2) is 13.5. The maximum absolute atomic E-state index is 14.8. The molecule has 2 heterocycles. The zero-order valence-electron chi connectivity index (χ0n) is 23.9. The van der Waals surface area contributed by atoms with E-state index >= 15 is 0 Å². The summed E-state index contributed by atoms with van der Waals surface area (Å²) in [6.45, 7) is 6.55. The summed E-state index contributed by atoms with van der Waals surface area (Å²) >= 11 is 12.5. The molecule has 3 atom stereocenters. The van der Waals surface area contributed by atoms with Gasteiger partial charge in [0, 0.05) is 61.0 Å². The number of benzene rings is 3. The molecule has 0 radical (unpaired) electrons. The molecule has 2 saturated heterocycles. The summed E-state index contributed by atoms with van der Waals surface area (Å²) in [5, 5.41) is 8.80. The maximum Gasteiger partial charge on any atom is 0.262 e. The summed E-state index contributed by atoms with van der Waals surface area (Å²) in [7, 11) is 1.70. The van der Waals surface area contributed by atoms with Crippen molar-refractivity contribution in [3.63, 3.8) is 0 Å². The smallest absolute Gasteiger partial charge is 0.262 e. The van der Waals surface area contributed by atoms with E-state index in [0.29, 0.717) is 53.2 Å². The largest absolute Gasteiger partial charge is 0.493 e. The van der Waals surface area contributed by atoms with Crippen LogP contribution in [0.1, 0.15) is 41.3 Å². The van der Waals surface area contributed by atoms with Gasteiger partial charge in [-0.1, -0.05) is 59.5 Å². The average Bonchev–Trinajstić information content (AvgIpc) is 3.42. The summed E-state index contributed by atoms with van der Waals surface area (Å²) in [6.07, 6.45) is 5.75. The number of nitrogens with zero attached hydrogens (tertiary/aromatic N) is 2. The molecule has 0 aliphatic carbocycles. The van der Waals surface area contributed by atoms with Gasteiger partial charge in [-0.15, -0.1) is 6.42 Å². The zero-order chi connectivity index (χ0) is 29.7. The summed E-state index contributed by atoms with van der Waals surface area (Å²) in [4.78, 5) is 19.1. The van der Waals surface area contributed by atoms with Crippen molar-refractivity contribution in [2.45, 2.75) is 24.7 Å². The molecule has 0 spiro atoms. The molecule has 0 bridgehead atoms. The van der Waals surface area contributed by atoms with Crippen LogP contribution >= 0.6 is 23.2 Å². The standard InChI is InChI=1S/C33H36Cl2N4O3/c1-4-23-6-15-28(29(22-23)42-5-2)33(32(40)39-18-16-38(17-19-39)20-21-41-3)36-30(24-7-11-26(34)12-8-24)31(37-33)25-9-13-27(35)14-10-25/h1,6-15,22,30-31,36-37H,5,16-21H2,2-3H3/t30-,31+,33?. The maximum atomic E-state index is 14.8. The van der Waals surface area contributed by atoms with Gasteiger partial charge in [0.25, 0.3) is 5.91 Å². The van der Waals surface area contributed by atoms with E-state index in [9.17, 15) is 4.79 Å². The molecule has 2 aliphatic rings. The van der Waals surface area contributed by atoms with Gasteiger partial charge in [0.15, 0.2) is 5.66 Å². The number of hydrogen-bond donors (Lipinski definition) is 2. The van der Waals surface area contributed by atoms with Crippen molar-refractivity contribution in [1.29, 1.82) is 0 Å². The molecule has 0 aromatic heterocycles. The van der Waals surface area contributed by atoms with Crippen LogP contribution in [-0.4, -0.2) is 68.8 Å². The second-order valence-corrected chi connectivity index (χ2v) is 11.4. The number of rotatable bonds is 9. The van der Waals surface area contributed by atoms with Crippen LogP contribution in [-0.2, 0) is 15.2 Å². The molecule has 42 heavy (non-hydrogen) atoms. The molecule has 1 amide bonds. The third kappa shape index (κ3) is 6.30. The third-order valence-corrected chi connectivity index (χ3v) is 8.48. The first kappa shape index (κ1) is 30.4. The average molecular weight is 608 g/mol. The fraction of sp³-hybridized carbons (Fsp3) is 0.364. The molecule has 9 heteroatoms. The van der Waals surface area contributed by atoms with Gasteiger partial charge in [0.05, 0.1) is 25.3 Å². The van der Waals surface area contributed by atoms with Crippen molar-refractivity contribution in [2.75, 3.05) is 53.0 Å². The molecule has 2 aliphatic heterocycles. The molecule has 7 nitrogen and oxygen atoms in total. The van der Waals surface area contributed by atoms with Gasteiger partial charge in [-0.2, -0.15) is 0 Å². The number of methoxy groups -OCH3 is 1. The highest BCUT2D eigenvalue weighted by molar-refractivity contribution is 6.30. The summed E-state index contributed by atoms with van der Waals surface area (Å²) in [6, 6.07) is 20.4. The Bertz CT molecular complexity index is 1360. The highest BCUT2D eigenvalue weighted by Gasteiger charge is 2.54. The zero-order valence-corrected chi connectivity index (χ0v) is 25.4. The Labute approximate surface area is 258 Å². The topological polar surface area (TPSA) is 66.1 Å². The minimum absolute atomic E-state index is 0.0706. The number of nitrogens with one attached hydrogen (secondary N) is 2. The highest BCUT2D eigenvalue weighted by Crippen LogP contribution is 2.45. The van der Waals surface area contributed by atoms with Crippen molar-refractivity contribution >= 4 is 29.1 Å². The first-order valence-corrected chi connectivity index (χ1v) is 14.9. The molecule has 1 unspecified atom stereocenters. The van der Waals surface area contributed by atoms with E-state index < -0.39 is 5.66 Å². The van der Waals surface area contributed by atoms with Gasteiger partial charge >= 0.3 is 0 Å². The van der Waals surface area contributed by atoms with E-state index in [1.165, 1.54) is 0 Å². The molecule has 2 fully saturated rings. The molecule has 3 aromatic rings. The lowest BCUT2D eigenvalue weighted by Gasteiger charge is -2.40.